The van der Waals surface area contributed by atoms with Gasteiger partial charge in [0.05, 0.1) is 11.0 Å². The van der Waals surface area contributed by atoms with Gasteiger partial charge in [-0.1, -0.05) is 18.2 Å². The molecule has 1 saturated heterocycles. The zero-order chi connectivity index (χ0) is 12.3. The molecule has 17 heavy (non-hydrogen) atoms. The van der Waals surface area contributed by atoms with Gasteiger partial charge >= 0.3 is 0 Å². The predicted octanol–water partition coefficient (Wildman–Crippen LogP) is 0.730. The second kappa shape index (κ2) is 5.14. The molecule has 2 N–H and O–H groups in total. The van der Waals surface area contributed by atoms with Gasteiger partial charge in [-0.2, -0.15) is 4.31 Å². The van der Waals surface area contributed by atoms with Gasteiger partial charge in [0.2, 0.25) is 10.0 Å². The van der Waals surface area contributed by atoms with Crippen LogP contribution in [0.3, 0.4) is 0 Å². The minimum absolute atomic E-state index is 0.0303. The van der Waals surface area contributed by atoms with E-state index in [2.05, 4.69) is 0 Å². The van der Waals surface area contributed by atoms with Crippen LogP contribution in [0.4, 0.5) is 0 Å². The zero-order valence-corrected chi connectivity index (χ0v) is 10.3. The molecule has 0 radical (unpaired) electrons. The normalized spacial score (nSPS) is 19.4. The maximum atomic E-state index is 12.2. The third kappa shape index (κ3) is 2.66. The van der Waals surface area contributed by atoms with E-state index in [1.807, 2.05) is 0 Å². The minimum Gasteiger partial charge on any atom is -0.301 e. The Hall–Kier alpha value is -0.950. The summed E-state index contributed by atoms with van der Waals surface area (Å²) < 4.78 is 26.0. The summed E-state index contributed by atoms with van der Waals surface area (Å²) in [6.07, 6.45) is 1.25. The van der Waals surface area contributed by atoms with Crippen LogP contribution < -0.4 is 5.90 Å². The summed E-state index contributed by atoms with van der Waals surface area (Å²) in [7, 11) is -3.36. The van der Waals surface area contributed by atoms with Gasteiger partial charge in [0.25, 0.3) is 0 Å². The Morgan fingerprint density at radius 1 is 1.18 bits per heavy atom. The Kier molecular flexibility index (Phi) is 3.78. The van der Waals surface area contributed by atoms with E-state index in [-0.39, 0.29) is 6.10 Å². The predicted molar refractivity (Wildman–Crippen MR) is 63.5 cm³/mol. The fraction of sp³-hybridized carbons (Fsp3) is 0.455. The maximum absolute atomic E-state index is 12.2. The highest BCUT2D eigenvalue weighted by atomic mass is 32.2. The minimum atomic E-state index is -3.36. The van der Waals surface area contributed by atoms with E-state index in [4.69, 9.17) is 10.7 Å². The van der Waals surface area contributed by atoms with Crippen LogP contribution in [0.15, 0.2) is 35.2 Å². The highest BCUT2D eigenvalue weighted by Crippen LogP contribution is 2.21. The first-order chi connectivity index (χ1) is 8.14. The number of piperidine rings is 1. The van der Waals surface area contributed by atoms with Crippen LogP contribution in [0.2, 0.25) is 0 Å². The van der Waals surface area contributed by atoms with Gasteiger partial charge in [0, 0.05) is 13.1 Å². The van der Waals surface area contributed by atoms with E-state index in [0.717, 1.165) is 0 Å². The van der Waals surface area contributed by atoms with Crippen molar-refractivity contribution >= 4 is 10.0 Å². The monoisotopic (exact) mass is 256 g/mol. The van der Waals surface area contributed by atoms with Gasteiger partial charge in [-0.05, 0) is 25.0 Å². The fourth-order valence-corrected chi connectivity index (χ4v) is 3.44. The van der Waals surface area contributed by atoms with Crippen LogP contribution in [0.25, 0.3) is 0 Å². The van der Waals surface area contributed by atoms with Crippen LogP contribution >= 0.6 is 0 Å². The van der Waals surface area contributed by atoms with Crippen LogP contribution in [-0.2, 0) is 14.9 Å². The molecular formula is C11H16N2O3S. The summed E-state index contributed by atoms with van der Waals surface area (Å²) in [5.74, 6) is 5.10. The molecule has 1 aliphatic rings. The summed E-state index contributed by atoms with van der Waals surface area (Å²) in [5, 5.41) is 0. The molecule has 1 aromatic rings. The molecule has 0 atom stereocenters. The summed E-state index contributed by atoms with van der Waals surface area (Å²) >= 11 is 0. The number of sulfonamides is 1. The number of hydrogen-bond acceptors (Lipinski definition) is 4. The Labute approximate surface area is 101 Å². The molecule has 5 nitrogen and oxygen atoms in total. The number of benzene rings is 1. The molecule has 0 aliphatic carbocycles. The van der Waals surface area contributed by atoms with Crippen molar-refractivity contribution in [2.24, 2.45) is 5.90 Å². The van der Waals surface area contributed by atoms with E-state index in [0.29, 0.717) is 30.8 Å². The van der Waals surface area contributed by atoms with Crippen molar-refractivity contribution in [2.75, 3.05) is 13.1 Å². The van der Waals surface area contributed by atoms with Crippen molar-refractivity contribution in [2.45, 2.75) is 23.8 Å². The summed E-state index contributed by atoms with van der Waals surface area (Å²) in [6.45, 7) is 0.915. The van der Waals surface area contributed by atoms with Crippen molar-refractivity contribution in [3.8, 4) is 0 Å². The summed E-state index contributed by atoms with van der Waals surface area (Å²) in [6, 6.07) is 8.47. The first kappa shape index (κ1) is 12.5. The second-order valence-corrected chi connectivity index (χ2v) is 5.99. The number of nitrogens with two attached hydrogens (primary N) is 1. The van der Waals surface area contributed by atoms with Gasteiger partial charge in [0.15, 0.2) is 0 Å². The van der Waals surface area contributed by atoms with Crippen molar-refractivity contribution in [3.63, 3.8) is 0 Å². The molecule has 1 heterocycles. The van der Waals surface area contributed by atoms with Crippen LogP contribution in [-0.4, -0.2) is 31.9 Å². The lowest BCUT2D eigenvalue weighted by molar-refractivity contribution is 0.0205. The molecule has 1 aliphatic heterocycles. The van der Waals surface area contributed by atoms with E-state index < -0.39 is 10.0 Å². The third-order valence-corrected chi connectivity index (χ3v) is 4.89. The van der Waals surface area contributed by atoms with Crippen molar-refractivity contribution in [3.05, 3.63) is 30.3 Å². The van der Waals surface area contributed by atoms with E-state index in [9.17, 15) is 8.42 Å². The molecule has 6 heteroatoms. The lowest BCUT2D eigenvalue weighted by Crippen LogP contribution is -2.41. The molecule has 1 fully saturated rings. The number of rotatable bonds is 3. The lowest BCUT2D eigenvalue weighted by atomic mass is 10.1. The van der Waals surface area contributed by atoms with Gasteiger partial charge in [-0.25, -0.2) is 14.3 Å². The molecule has 0 aromatic heterocycles. The molecule has 0 amide bonds. The standard InChI is InChI=1S/C11H16N2O3S/c12-16-10-6-8-13(9-7-10)17(14,15)11-4-2-1-3-5-11/h1-5,10H,6-9,12H2. The quantitative estimate of drug-likeness (QED) is 0.809. The molecule has 0 bridgehead atoms. The van der Waals surface area contributed by atoms with Gasteiger partial charge in [0.1, 0.15) is 0 Å². The van der Waals surface area contributed by atoms with Crippen LogP contribution in [0.5, 0.6) is 0 Å². The first-order valence-corrected chi connectivity index (χ1v) is 6.99. The van der Waals surface area contributed by atoms with Crippen molar-refractivity contribution < 1.29 is 13.3 Å². The first-order valence-electron chi connectivity index (χ1n) is 5.55. The molecule has 0 saturated carbocycles. The average molecular weight is 256 g/mol. The molecule has 0 spiro atoms. The molecule has 2 rings (SSSR count). The topological polar surface area (TPSA) is 72.6 Å². The smallest absolute Gasteiger partial charge is 0.243 e. The van der Waals surface area contributed by atoms with Gasteiger partial charge < -0.3 is 4.84 Å². The Balaban J connectivity index is 2.13. The van der Waals surface area contributed by atoms with Crippen molar-refractivity contribution in [1.29, 1.82) is 0 Å². The SMILES string of the molecule is NOC1CCN(S(=O)(=O)c2ccccc2)CC1. The summed E-state index contributed by atoms with van der Waals surface area (Å²) in [4.78, 5) is 5.08. The number of nitrogens with zero attached hydrogens (tertiary/aromatic N) is 1. The molecule has 0 unspecified atom stereocenters. The largest absolute Gasteiger partial charge is 0.301 e. The molecular weight excluding hydrogens is 240 g/mol. The average Bonchev–Trinajstić information content (AvgIpc) is 2.40. The number of hydrogen-bond donors (Lipinski definition) is 1. The van der Waals surface area contributed by atoms with Crippen LogP contribution in [0.1, 0.15) is 12.8 Å². The zero-order valence-electron chi connectivity index (χ0n) is 9.45. The fourth-order valence-electron chi connectivity index (χ4n) is 1.95. The lowest BCUT2D eigenvalue weighted by Gasteiger charge is -2.29. The Morgan fingerprint density at radius 2 is 1.76 bits per heavy atom. The molecule has 94 valence electrons. The third-order valence-electron chi connectivity index (χ3n) is 2.97. The van der Waals surface area contributed by atoms with Crippen molar-refractivity contribution in [1.82, 2.24) is 4.31 Å². The highest BCUT2D eigenvalue weighted by molar-refractivity contribution is 7.89. The Bertz CT molecular complexity index is 453. The van der Waals surface area contributed by atoms with E-state index >= 15 is 0 Å². The second-order valence-electron chi connectivity index (χ2n) is 4.05. The van der Waals surface area contributed by atoms with Crippen LogP contribution in [0, 0.1) is 0 Å². The van der Waals surface area contributed by atoms with E-state index in [1.165, 1.54) is 4.31 Å². The Morgan fingerprint density at radius 3 is 2.29 bits per heavy atom. The van der Waals surface area contributed by atoms with Gasteiger partial charge in [-0.3, -0.25) is 0 Å². The van der Waals surface area contributed by atoms with Gasteiger partial charge in [-0.15, -0.1) is 0 Å². The molecule has 1 aromatic carbocycles. The summed E-state index contributed by atoms with van der Waals surface area (Å²) in [5.41, 5.74) is 0. The van der Waals surface area contributed by atoms with E-state index in [1.54, 1.807) is 30.3 Å². The highest BCUT2D eigenvalue weighted by Gasteiger charge is 2.29. The maximum Gasteiger partial charge on any atom is 0.243 e.